The molecule has 8 heteroatoms. The van der Waals surface area contributed by atoms with Gasteiger partial charge in [-0.2, -0.15) is 0 Å². The van der Waals surface area contributed by atoms with Crippen LogP contribution in [0.1, 0.15) is 11.1 Å². The van der Waals surface area contributed by atoms with Crippen molar-refractivity contribution in [2.45, 2.75) is 6.61 Å². The van der Waals surface area contributed by atoms with Gasteiger partial charge in [0.2, 0.25) is 0 Å². The monoisotopic (exact) mass is 462 g/mol. The number of methoxy groups -OCH3 is 1. The molecule has 4 rings (SSSR count). The molecule has 0 aromatic heterocycles. The molecule has 1 aliphatic rings. The third-order valence-electron chi connectivity index (χ3n) is 4.93. The van der Waals surface area contributed by atoms with E-state index in [9.17, 15) is 14.4 Å². The minimum absolute atomic E-state index is 0.191. The molecule has 1 saturated heterocycles. The molecule has 0 atom stereocenters. The number of imide groups is 2. The lowest BCUT2D eigenvalue weighted by Gasteiger charge is -2.26. The van der Waals surface area contributed by atoms with E-state index in [1.165, 1.54) is 13.2 Å². The van der Waals surface area contributed by atoms with Gasteiger partial charge in [-0.3, -0.25) is 14.9 Å². The van der Waals surface area contributed by atoms with Gasteiger partial charge in [0.1, 0.15) is 23.7 Å². The number of urea groups is 1. The highest BCUT2D eigenvalue weighted by atomic mass is 35.5. The van der Waals surface area contributed by atoms with Crippen molar-refractivity contribution in [3.05, 3.63) is 94.5 Å². The second-order valence-electron chi connectivity index (χ2n) is 7.11. The van der Waals surface area contributed by atoms with Crippen LogP contribution in [-0.2, 0) is 16.2 Å². The number of hydrogen-bond donors (Lipinski definition) is 1. The first-order chi connectivity index (χ1) is 16.0. The number of halogens is 1. The lowest BCUT2D eigenvalue weighted by molar-refractivity contribution is -0.122. The molecule has 0 saturated carbocycles. The maximum Gasteiger partial charge on any atom is 0.335 e. The Morgan fingerprint density at radius 1 is 0.970 bits per heavy atom. The summed E-state index contributed by atoms with van der Waals surface area (Å²) in [5.41, 5.74) is 1.50. The van der Waals surface area contributed by atoms with Crippen molar-refractivity contribution < 1.29 is 23.9 Å². The standard InChI is InChI=1S/C25H19ClN2O5/c1-32-20-11-9-19(10-12-20)28-24(30)21(23(29)27-25(28)31)14-17-6-2-3-8-22(17)33-15-16-5-4-7-18(26)13-16/h2-14H,15H2,1H3,(H,27,29,31)/b21-14+. The molecule has 3 aromatic rings. The molecule has 1 N–H and O–H groups in total. The maximum atomic E-state index is 13.1. The van der Waals surface area contributed by atoms with Gasteiger partial charge in [0.25, 0.3) is 11.8 Å². The fourth-order valence-electron chi connectivity index (χ4n) is 3.30. The van der Waals surface area contributed by atoms with Crippen LogP contribution in [0.4, 0.5) is 10.5 Å². The van der Waals surface area contributed by atoms with E-state index in [1.54, 1.807) is 60.7 Å². The Labute approximate surface area is 195 Å². The number of anilines is 1. The summed E-state index contributed by atoms with van der Waals surface area (Å²) in [6.07, 6.45) is 1.41. The zero-order valence-electron chi connectivity index (χ0n) is 17.6. The van der Waals surface area contributed by atoms with Crippen molar-refractivity contribution in [1.82, 2.24) is 5.32 Å². The zero-order chi connectivity index (χ0) is 23.4. The number of carbonyl (C=O) groups excluding carboxylic acids is 3. The summed E-state index contributed by atoms with van der Waals surface area (Å²) in [7, 11) is 1.51. The third-order valence-corrected chi connectivity index (χ3v) is 5.17. The van der Waals surface area contributed by atoms with E-state index in [0.29, 0.717) is 27.8 Å². The molecule has 1 fully saturated rings. The number of para-hydroxylation sites is 1. The second-order valence-corrected chi connectivity index (χ2v) is 7.55. The summed E-state index contributed by atoms with van der Waals surface area (Å²) in [6, 6.07) is 19.8. The number of benzene rings is 3. The van der Waals surface area contributed by atoms with Gasteiger partial charge in [-0.1, -0.05) is 41.9 Å². The molecule has 1 aliphatic heterocycles. The summed E-state index contributed by atoms with van der Waals surface area (Å²) in [4.78, 5) is 38.9. The lowest BCUT2D eigenvalue weighted by atomic mass is 10.1. The van der Waals surface area contributed by atoms with Crippen LogP contribution in [0, 0.1) is 0 Å². The molecule has 1 heterocycles. The average molecular weight is 463 g/mol. The molecule has 3 aromatic carbocycles. The van der Waals surface area contributed by atoms with Crippen molar-refractivity contribution in [2.24, 2.45) is 0 Å². The van der Waals surface area contributed by atoms with Crippen molar-refractivity contribution in [3.63, 3.8) is 0 Å². The fourth-order valence-corrected chi connectivity index (χ4v) is 3.51. The van der Waals surface area contributed by atoms with Crippen LogP contribution < -0.4 is 19.7 Å². The van der Waals surface area contributed by atoms with Crippen molar-refractivity contribution in [1.29, 1.82) is 0 Å². The molecule has 0 aliphatic carbocycles. The molecule has 33 heavy (non-hydrogen) atoms. The van der Waals surface area contributed by atoms with Crippen LogP contribution in [0.2, 0.25) is 5.02 Å². The lowest BCUT2D eigenvalue weighted by Crippen LogP contribution is -2.54. The Hall–Kier alpha value is -4.10. The normalized spacial score (nSPS) is 14.9. The van der Waals surface area contributed by atoms with Crippen LogP contribution in [0.15, 0.2) is 78.4 Å². The Kier molecular flexibility index (Phi) is 6.42. The van der Waals surface area contributed by atoms with Gasteiger partial charge in [-0.05, 0) is 54.1 Å². The summed E-state index contributed by atoms with van der Waals surface area (Å²) < 4.78 is 11.0. The highest BCUT2D eigenvalue weighted by Crippen LogP contribution is 2.27. The van der Waals surface area contributed by atoms with Crippen LogP contribution in [-0.4, -0.2) is 25.0 Å². The molecule has 0 unspecified atom stereocenters. The number of carbonyl (C=O) groups is 3. The van der Waals surface area contributed by atoms with Crippen molar-refractivity contribution in [3.8, 4) is 11.5 Å². The van der Waals surface area contributed by atoms with Gasteiger partial charge < -0.3 is 9.47 Å². The predicted octanol–water partition coefficient (Wildman–Crippen LogP) is 4.59. The van der Waals surface area contributed by atoms with Gasteiger partial charge in [-0.25, -0.2) is 9.69 Å². The largest absolute Gasteiger partial charge is 0.497 e. The van der Waals surface area contributed by atoms with Crippen LogP contribution in [0.5, 0.6) is 11.5 Å². The molecule has 4 amide bonds. The quantitative estimate of drug-likeness (QED) is 0.427. The highest BCUT2D eigenvalue weighted by Gasteiger charge is 2.37. The number of amides is 4. The van der Waals surface area contributed by atoms with E-state index < -0.39 is 17.8 Å². The minimum Gasteiger partial charge on any atom is -0.497 e. The van der Waals surface area contributed by atoms with Crippen molar-refractivity contribution >= 4 is 41.2 Å². The van der Waals surface area contributed by atoms with Gasteiger partial charge in [0, 0.05) is 10.6 Å². The summed E-state index contributed by atoms with van der Waals surface area (Å²) in [5.74, 6) is -0.474. The van der Waals surface area contributed by atoms with Gasteiger partial charge in [0.05, 0.1) is 12.8 Å². The number of nitrogens with one attached hydrogen (secondary N) is 1. The van der Waals surface area contributed by atoms with Gasteiger partial charge >= 0.3 is 6.03 Å². The van der Waals surface area contributed by atoms with E-state index in [4.69, 9.17) is 21.1 Å². The van der Waals surface area contributed by atoms with Crippen molar-refractivity contribution in [2.75, 3.05) is 12.0 Å². The number of barbiturate groups is 1. The minimum atomic E-state index is -0.821. The van der Waals surface area contributed by atoms with E-state index >= 15 is 0 Å². The Morgan fingerprint density at radius 3 is 2.45 bits per heavy atom. The highest BCUT2D eigenvalue weighted by molar-refractivity contribution is 6.39. The first kappa shape index (κ1) is 22.1. The fraction of sp³-hybridized carbons (Fsp3) is 0.0800. The summed E-state index contributed by atoms with van der Waals surface area (Å²) in [6.45, 7) is 0.247. The van der Waals surface area contributed by atoms with E-state index in [1.807, 2.05) is 12.1 Å². The molecule has 0 spiro atoms. The first-order valence-corrected chi connectivity index (χ1v) is 10.4. The molecular formula is C25H19ClN2O5. The van der Waals surface area contributed by atoms with E-state index in [2.05, 4.69) is 5.32 Å². The second kappa shape index (κ2) is 9.58. The maximum absolute atomic E-state index is 13.1. The van der Waals surface area contributed by atoms with Crippen LogP contribution in [0.3, 0.4) is 0 Å². The molecule has 0 bridgehead atoms. The number of hydrogen-bond acceptors (Lipinski definition) is 5. The van der Waals surface area contributed by atoms with Crippen LogP contribution in [0.25, 0.3) is 6.08 Å². The van der Waals surface area contributed by atoms with E-state index in [-0.39, 0.29) is 12.2 Å². The Balaban J connectivity index is 1.62. The zero-order valence-corrected chi connectivity index (χ0v) is 18.3. The molecular weight excluding hydrogens is 444 g/mol. The van der Waals surface area contributed by atoms with Gasteiger partial charge in [-0.15, -0.1) is 0 Å². The molecule has 0 radical (unpaired) electrons. The molecule has 166 valence electrons. The SMILES string of the molecule is COc1ccc(N2C(=O)NC(=O)/C(=C\c3ccccc3OCc3cccc(Cl)c3)C2=O)cc1. The Morgan fingerprint density at radius 2 is 1.73 bits per heavy atom. The summed E-state index contributed by atoms with van der Waals surface area (Å²) >= 11 is 6.03. The molecule has 7 nitrogen and oxygen atoms in total. The van der Waals surface area contributed by atoms with Gasteiger partial charge in [0.15, 0.2) is 0 Å². The van der Waals surface area contributed by atoms with Crippen LogP contribution >= 0.6 is 11.6 Å². The predicted molar refractivity (Wildman–Crippen MR) is 124 cm³/mol. The Bertz CT molecular complexity index is 1250. The first-order valence-electron chi connectivity index (χ1n) is 9.98. The third kappa shape index (κ3) is 4.88. The number of nitrogens with zero attached hydrogens (tertiary/aromatic N) is 1. The topological polar surface area (TPSA) is 84.9 Å². The number of rotatable bonds is 6. The average Bonchev–Trinajstić information content (AvgIpc) is 2.81. The number of ether oxygens (including phenoxy) is 2. The summed E-state index contributed by atoms with van der Waals surface area (Å²) in [5, 5.41) is 2.81. The smallest absolute Gasteiger partial charge is 0.335 e. The van der Waals surface area contributed by atoms with E-state index in [0.717, 1.165) is 10.5 Å².